The van der Waals surface area contributed by atoms with Crippen molar-refractivity contribution < 1.29 is 8.42 Å². The van der Waals surface area contributed by atoms with Crippen LogP contribution in [-0.2, 0) is 16.6 Å². The first-order valence-corrected chi connectivity index (χ1v) is 8.67. The molecule has 1 N–H and O–H groups in total. The highest BCUT2D eigenvalue weighted by atomic mass is 32.2. The van der Waals surface area contributed by atoms with Gasteiger partial charge in [0.15, 0.2) is 5.03 Å². The molecule has 0 aliphatic carbocycles. The zero-order valence-corrected chi connectivity index (χ0v) is 13.0. The number of sulfonamides is 1. The number of pyridine rings is 1. The molecule has 1 unspecified atom stereocenters. The molecule has 0 radical (unpaired) electrons. The maximum absolute atomic E-state index is 12.6. The second-order valence-corrected chi connectivity index (χ2v) is 7.08. The van der Waals surface area contributed by atoms with E-state index >= 15 is 0 Å². The third-order valence-electron chi connectivity index (χ3n) is 3.69. The Kier molecular flexibility index (Phi) is 5.12. The topological polar surface area (TPSA) is 62.3 Å². The van der Waals surface area contributed by atoms with Gasteiger partial charge < -0.3 is 5.32 Å². The van der Waals surface area contributed by atoms with Gasteiger partial charge in [-0.2, -0.15) is 4.31 Å². The van der Waals surface area contributed by atoms with Gasteiger partial charge in [-0.05, 0) is 37.9 Å². The average Bonchev–Trinajstić information content (AvgIpc) is 2.46. The Morgan fingerprint density at radius 1 is 1.40 bits per heavy atom. The summed E-state index contributed by atoms with van der Waals surface area (Å²) in [7, 11) is -3.45. The molecular weight excluding hydrogens is 274 g/mol. The summed E-state index contributed by atoms with van der Waals surface area (Å²) in [5, 5.41) is 3.35. The van der Waals surface area contributed by atoms with Crippen LogP contribution in [0.1, 0.15) is 38.7 Å². The fourth-order valence-corrected chi connectivity index (χ4v) is 4.10. The highest BCUT2D eigenvalue weighted by Crippen LogP contribution is 2.23. The molecule has 2 heterocycles. The lowest BCUT2D eigenvalue weighted by molar-refractivity contribution is 0.268. The minimum Gasteiger partial charge on any atom is -0.313 e. The number of hydrogen-bond donors (Lipinski definition) is 1. The zero-order valence-electron chi connectivity index (χ0n) is 12.2. The first-order valence-electron chi connectivity index (χ1n) is 7.23. The maximum atomic E-state index is 12.6. The van der Waals surface area contributed by atoms with Crippen molar-refractivity contribution in [1.82, 2.24) is 14.6 Å². The minimum absolute atomic E-state index is 0.0667. The summed E-state index contributed by atoms with van der Waals surface area (Å²) >= 11 is 0. The lowest BCUT2D eigenvalue weighted by Gasteiger charge is -2.31. The Bertz CT molecular complexity index is 528. The van der Waals surface area contributed by atoms with Crippen molar-refractivity contribution in [2.75, 3.05) is 13.1 Å². The maximum Gasteiger partial charge on any atom is 0.260 e. The van der Waals surface area contributed by atoms with E-state index in [1.807, 2.05) is 19.9 Å². The first-order chi connectivity index (χ1) is 9.55. The Morgan fingerprint density at radius 3 is 2.80 bits per heavy atom. The number of piperidine rings is 1. The van der Waals surface area contributed by atoms with Crippen LogP contribution >= 0.6 is 0 Å². The molecule has 112 valence electrons. The molecule has 20 heavy (non-hydrogen) atoms. The summed E-state index contributed by atoms with van der Waals surface area (Å²) in [5.74, 6) is 0. The summed E-state index contributed by atoms with van der Waals surface area (Å²) in [4.78, 5) is 4.14. The van der Waals surface area contributed by atoms with Gasteiger partial charge in [0.1, 0.15) is 0 Å². The number of aromatic nitrogens is 1. The molecule has 0 aromatic carbocycles. The second kappa shape index (κ2) is 6.65. The van der Waals surface area contributed by atoms with Crippen LogP contribution in [0.2, 0.25) is 0 Å². The lowest BCUT2D eigenvalue weighted by atomic mass is 10.1. The van der Waals surface area contributed by atoms with Crippen LogP contribution in [0.4, 0.5) is 0 Å². The van der Waals surface area contributed by atoms with E-state index in [0.717, 1.165) is 31.4 Å². The van der Waals surface area contributed by atoms with Gasteiger partial charge >= 0.3 is 0 Å². The fraction of sp³-hybridized carbons (Fsp3) is 0.643. The monoisotopic (exact) mass is 297 g/mol. The second-order valence-electron chi connectivity index (χ2n) is 5.25. The average molecular weight is 297 g/mol. The molecule has 1 aliphatic rings. The third-order valence-corrected chi connectivity index (χ3v) is 5.62. The summed E-state index contributed by atoms with van der Waals surface area (Å²) in [6.45, 7) is 6.19. The van der Waals surface area contributed by atoms with Crippen LogP contribution in [0.5, 0.6) is 0 Å². The number of rotatable bonds is 5. The van der Waals surface area contributed by atoms with Gasteiger partial charge in [0.05, 0.1) is 0 Å². The molecule has 0 saturated carbocycles. The highest BCUT2D eigenvalue weighted by molar-refractivity contribution is 7.89. The molecule has 5 nitrogen and oxygen atoms in total. The molecule has 1 saturated heterocycles. The van der Waals surface area contributed by atoms with E-state index in [2.05, 4.69) is 10.3 Å². The van der Waals surface area contributed by atoms with E-state index < -0.39 is 10.0 Å². The van der Waals surface area contributed by atoms with E-state index in [4.69, 9.17) is 0 Å². The van der Waals surface area contributed by atoms with Crippen molar-refractivity contribution in [2.24, 2.45) is 0 Å². The van der Waals surface area contributed by atoms with Crippen molar-refractivity contribution in [2.45, 2.75) is 50.7 Å². The van der Waals surface area contributed by atoms with Gasteiger partial charge in [-0.15, -0.1) is 0 Å². The van der Waals surface area contributed by atoms with Crippen molar-refractivity contribution in [3.8, 4) is 0 Å². The normalized spacial score (nSPS) is 21.0. The van der Waals surface area contributed by atoms with Crippen LogP contribution < -0.4 is 5.32 Å². The van der Waals surface area contributed by atoms with Crippen LogP contribution in [0.3, 0.4) is 0 Å². The molecule has 0 bridgehead atoms. The first kappa shape index (κ1) is 15.4. The number of nitrogens with one attached hydrogen (secondary N) is 1. The molecular formula is C14H23N3O2S. The lowest BCUT2D eigenvalue weighted by Crippen LogP contribution is -2.42. The van der Waals surface area contributed by atoms with Crippen molar-refractivity contribution in [3.63, 3.8) is 0 Å². The van der Waals surface area contributed by atoms with Gasteiger partial charge in [-0.1, -0.05) is 19.4 Å². The molecule has 1 aromatic rings. The van der Waals surface area contributed by atoms with E-state index in [1.165, 1.54) is 0 Å². The van der Waals surface area contributed by atoms with E-state index in [1.54, 1.807) is 16.6 Å². The largest absolute Gasteiger partial charge is 0.313 e. The summed E-state index contributed by atoms with van der Waals surface area (Å²) in [5.41, 5.74) is 0.998. The van der Waals surface area contributed by atoms with Gasteiger partial charge in [-0.25, -0.2) is 13.4 Å². The standard InChI is InChI=1S/C14H23N3O2S/c1-3-15-10-13-7-8-14(16-11-13)20(18,19)17-9-5-4-6-12(17)2/h7-8,11-12,15H,3-6,9-10H2,1-2H3. The molecule has 1 aliphatic heterocycles. The summed E-state index contributed by atoms with van der Waals surface area (Å²) in [6, 6.07) is 3.51. The van der Waals surface area contributed by atoms with Crippen molar-refractivity contribution in [3.05, 3.63) is 23.9 Å². The molecule has 1 fully saturated rings. The Balaban J connectivity index is 2.16. The minimum atomic E-state index is -3.45. The molecule has 1 aromatic heterocycles. The zero-order chi connectivity index (χ0) is 14.6. The Labute approximate surface area is 121 Å². The van der Waals surface area contributed by atoms with Crippen molar-refractivity contribution in [1.29, 1.82) is 0 Å². The van der Waals surface area contributed by atoms with Crippen molar-refractivity contribution >= 4 is 10.0 Å². The SMILES string of the molecule is CCNCc1ccc(S(=O)(=O)N2CCCCC2C)nc1. The molecule has 6 heteroatoms. The number of nitrogens with zero attached hydrogens (tertiary/aromatic N) is 2. The van der Waals surface area contributed by atoms with E-state index in [0.29, 0.717) is 13.1 Å². The molecule has 0 amide bonds. The van der Waals surface area contributed by atoms with Crippen LogP contribution in [0.25, 0.3) is 0 Å². The van der Waals surface area contributed by atoms with Gasteiger partial charge in [0.2, 0.25) is 0 Å². The molecule has 0 spiro atoms. The quantitative estimate of drug-likeness (QED) is 0.899. The Morgan fingerprint density at radius 2 is 2.20 bits per heavy atom. The van der Waals surface area contributed by atoms with E-state index in [-0.39, 0.29) is 11.1 Å². The fourth-order valence-electron chi connectivity index (χ4n) is 2.49. The van der Waals surface area contributed by atoms with Gasteiger partial charge in [0, 0.05) is 25.3 Å². The number of hydrogen-bond acceptors (Lipinski definition) is 4. The highest BCUT2D eigenvalue weighted by Gasteiger charge is 2.31. The third kappa shape index (κ3) is 3.37. The smallest absolute Gasteiger partial charge is 0.260 e. The Hall–Kier alpha value is -0.980. The van der Waals surface area contributed by atoms with Gasteiger partial charge in [0.25, 0.3) is 10.0 Å². The summed E-state index contributed by atoms with van der Waals surface area (Å²) < 4.78 is 26.7. The van der Waals surface area contributed by atoms with Crippen LogP contribution in [-0.4, -0.2) is 36.8 Å². The van der Waals surface area contributed by atoms with E-state index in [9.17, 15) is 8.42 Å². The van der Waals surface area contributed by atoms with Crippen LogP contribution in [0.15, 0.2) is 23.4 Å². The summed E-state index contributed by atoms with van der Waals surface area (Å²) in [6.07, 6.45) is 4.60. The predicted molar refractivity (Wildman–Crippen MR) is 78.8 cm³/mol. The van der Waals surface area contributed by atoms with Crippen LogP contribution in [0, 0.1) is 0 Å². The molecule has 2 rings (SSSR count). The molecule has 1 atom stereocenters. The van der Waals surface area contributed by atoms with Gasteiger partial charge in [-0.3, -0.25) is 0 Å². The predicted octanol–water partition coefficient (Wildman–Crippen LogP) is 1.75.